The van der Waals surface area contributed by atoms with Gasteiger partial charge in [0.25, 0.3) is 0 Å². The van der Waals surface area contributed by atoms with Crippen LogP contribution in [-0.4, -0.2) is 42.0 Å². The Hall–Kier alpha value is -1.30. The van der Waals surface area contributed by atoms with Gasteiger partial charge in [0.15, 0.2) is 0 Å². The molecule has 1 fully saturated rings. The van der Waals surface area contributed by atoms with Crippen LogP contribution in [0.1, 0.15) is 33.6 Å². The van der Waals surface area contributed by atoms with Crippen LogP contribution in [0.3, 0.4) is 0 Å². The topological polar surface area (TPSA) is 84.9 Å². The summed E-state index contributed by atoms with van der Waals surface area (Å²) in [6.45, 7) is 6.23. The van der Waals surface area contributed by atoms with Crippen molar-refractivity contribution in [2.24, 2.45) is 5.92 Å². The van der Waals surface area contributed by atoms with E-state index >= 15 is 0 Å². The summed E-state index contributed by atoms with van der Waals surface area (Å²) >= 11 is 0. The summed E-state index contributed by atoms with van der Waals surface area (Å²) in [5.41, 5.74) is -0.558. The lowest BCUT2D eigenvalue weighted by atomic mass is 9.93. The van der Waals surface area contributed by atoms with Crippen molar-refractivity contribution in [3.8, 4) is 0 Å². The van der Waals surface area contributed by atoms with Gasteiger partial charge < -0.3 is 19.9 Å². The maximum atomic E-state index is 11.6. The number of hydrogen-bond donors (Lipinski definition) is 2. The Labute approximate surface area is 107 Å². The molecule has 0 saturated carbocycles. The largest absolute Gasteiger partial charge is 0.481 e. The highest BCUT2D eigenvalue weighted by Crippen LogP contribution is 2.19. The van der Waals surface area contributed by atoms with Gasteiger partial charge in [0, 0.05) is 18.6 Å². The molecule has 1 amide bonds. The van der Waals surface area contributed by atoms with Gasteiger partial charge in [-0.15, -0.1) is 0 Å². The van der Waals surface area contributed by atoms with E-state index in [0.29, 0.717) is 19.6 Å². The lowest BCUT2D eigenvalue weighted by Gasteiger charge is -2.32. The third kappa shape index (κ3) is 5.35. The Balaban J connectivity index is 2.51. The molecule has 2 atom stereocenters. The Bertz CT molecular complexity index is 310. The first-order valence-electron chi connectivity index (χ1n) is 6.07. The number of ether oxygens (including phenoxy) is 2. The van der Waals surface area contributed by atoms with E-state index < -0.39 is 17.7 Å². The van der Waals surface area contributed by atoms with Crippen molar-refractivity contribution < 1.29 is 24.2 Å². The van der Waals surface area contributed by atoms with Crippen LogP contribution in [-0.2, 0) is 14.3 Å². The summed E-state index contributed by atoms with van der Waals surface area (Å²) in [5, 5.41) is 11.5. The molecule has 0 aromatic heterocycles. The summed E-state index contributed by atoms with van der Waals surface area (Å²) in [6.07, 6.45) is 0.0854. The first-order chi connectivity index (χ1) is 8.28. The second-order valence-electron chi connectivity index (χ2n) is 5.47. The molecular formula is C12H21NO5. The first-order valence-corrected chi connectivity index (χ1v) is 6.07. The molecule has 6 nitrogen and oxygen atoms in total. The van der Waals surface area contributed by atoms with E-state index in [1.165, 1.54) is 0 Å². The van der Waals surface area contributed by atoms with Gasteiger partial charge in [-0.25, -0.2) is 4.79 Å². The minimum absolute atomic E-state index is 0.0134. The third-order valence-corrected chi connectivity index (χ3v) is 2.61. The number of carboxylic acid groups (broad SMARTS) is 1. The van der Waals surface area contributed by atoms with E-state index in [-0.39, 0.29) is 18.4 Å². The summed E-state index contributed by atoms with van der Waals surface area (Å²) in [5.74, 6) is -1.09. The van der Waals surface area contributed by atoms with Crippen molar-refractivity contribution in [2.45, 2.75) is 45.3 Å². The zero-order valence-corrected chi connectivity index (χ0v) is 11.1. The summed E-state index contributed by atoms with van der Waals surface area (Å²) in [4.78, 5) is 22.4. The van der Waals surface area contributed by atoms with Crippen molar-refractivity contribution in [2.75, 3.05) is 13.2 Å². The van der Waals surface area contributed by atoms with Gasteiger partial charge in [-0.1, -0.05) is 0 Å². The molecule has 0 spiro atoms. The third-order valence-electron chi connectivity index (χ3n) is 2.61. The normalized spacial score (nSPS) is 24.4. The predicted octanol–water partition coefficient (Wildman–Crippen LogP) is 1.39. The second-order valence-corrected chi connectivity index (χ2v) is 5.47. The smallest absolute Gasteiger partial charge is 0.407 e. The maximum absolute atomic E-state index is 11.6. The SMILES string of the molecule is CC(C)(C)OC(=O)NC1CCOCC1CC(=O)O. The number of nitrogens with one attached hydrogen (secondary N) is 1. The van der Waals surface area contributed by atoms with Crippen LogP contribution in [0.4, 0.5) is 4.79 Å². The van der Waals surface area contributed by atoms with Gasteiger partial charge in [-0.05, 0) is 27.2 Å². The molecule has 2 N–H and O–H groups in total. The number of carbonyl (C=O) groups excluding carboxylic acids is 1. The molecule has 0 aromatic rings. The Kier molecular flexibility index (Phi) is 4.95. The molecule has 0 aliphatic carbocycles. The number of aliphatic carboxylic acids is 1. The fourth-order valence-electron chi connectivity index (χ4n) is 1.87. The fourth-order valence-corrected chi connectivity index (χ4v) is 1.87. The van der Waals surface area contributed by atoms with Crippen LogP contribution in [0.5, 0.6) is 0 Å². The van der Waals surface area contributed by atoms with E-state index in [4.69, 9.17) is 14.6 Å². The van der Waals surface area contributed by atoms with Crippen LogP contribution < -0.4 is 5.32 Å². The van der Waals surface area contributed by atoms with Crippen LogP contribution in [0.15, 0.2) is 0 Å². The number of hydrogen-bond acceptors (Lipinski definition) is 4. The van der Waals surface area contributed by atoms with Crippen molar-refractivity contribution >= 4 is 12.1 Å². The first kappa shape index (κ1) is 14.8. The molecule has 2 unspecified atom stereocenters. The molecule has 1 aliphatic rings. The molecule has 18 heavy (non-hydrogen) atoms. The number of rotatable bonds is 3. The van der Waals surface area contributed by atoms with Crippen molar-refractivity contribution in [1.82, 2.24) is 5.32 Å². The second kappa shape index (κ2) is 6.04. The molecule has 1 heterocycles. The van der Waals surface area contributed by atoms with Crippen LogP contribution in [0, 0.1) is 5.92 Å². The number of carboxylic acids is 1. The average Bonchev–Trinajstić information content (AvgIpc) is 2.17. The minimum atomic E-state index is -0.888. The number of alkyl carbamates (subject to hydrolysis) is 1. The van der Waals surface area contributed by atoms with E-state index in [9.17, 15) is 9.59 Å². The highest BCUT2D eigenvalue weighted by Gasteiger charge is 2.30. The van der Waals surface area contributed by atoms with Crippen molar-refractivity contribution in [3.63, 3.8) is 0 Å². The standard InChI is InChI=1S/C12H21NO5/c1-12(2,3)18-11(16)13-9-4-5-17-7-8(9)6-10(14)15/h8-9H,4-7H2,1-3H3,(H,13,16)(H,14,15). The highest BCUT2D eigenvalue weighted by molar-refractivity contribution is 5.69. The molecule has 1 aliphatic heterocycles. The van der Waals surface area contributed by atoms with Gasteiger partial charge in [0.2, 0.25) is 0 Å². The van der Waals surface area contributed by atoms with E-state index in [1.807, 2.05) is 0 Å². The van der Waals surface area contributed by atoms with Crippen molar-refractivity contribution in [3.05, 3.63) is 0 Å². The Morgan fingerprint density at radius 1 is 1.44 bits per heavy atom. The van der Waals surface area contributed by atoms with Gasteiger partial charge in [0.1, 0.15) is 5.60 Å². The minimum Gasteiger partial charge on any atom is -0.481 e. The highest BCUT2D eigenvalue weighted by atomic mass is 16.6. The van der Waals surface area contributed by atoms with Gasteiger partial charge in [0.05, 0.1) is 13.0 Å². The van der Waals surface area contributed by atoms with Crippen LogP contribution >= 0.6 is 0 Å². The van der Waals surface area contributed by atoms with Gasteiger partial charge >= 0.3 is 12.1 Å². The molecule has 0 radical (unpaired) electrons. The van der Waals surface area contributed by atoms with Gasteiger partial charge in [-0.3, -0.25) is 4.79 Å². The Morgan fingerprint density at radius 3 is 2.67 bits per heavy atom. The average molecular weight is 259 g/mol. The lowest BCUT2D eigenvalue weighted by molar-refractivity contribution is -0.139. The van der Waals surface area contributed by atoms with E-state index in [2.05, 4.69) is 5.32 Å². The molecule has 0 bridgehead atoms. The van der Waals surface area contributed by atoms with Gasteiger partial charge in [-0.2, -0.15) is 0 Å². The van der Waals surface area contributed by atoms with E-state index in [0.717, 1.165) is 0 Å². The summed E-state index contributed by atoms with van der Waals surface area (Å²) in [7, 11) is 0. The zero-order chi connectivity index (χ0) is 13.8. The molecule has 1 rings (SSSR count). The molecule has 0 aromatic carbocycles. The lowest BCUT2D eigenvalue weighted by Crippen LogP contribution is -2.47. The molecule has 1 saturated heterocycles. The van der Waals surface area contributed by atoms with Crippen molar-refractivity contribution in [1.29, 1.82) is 0 Å². The van der Waals surface area contributed by atoms with Crippen LogP contribution in [0.2, 0.25) is 0 Å². The zero-order valence-electron chi connectivity index (χ0n) is 11.1. The number of amides is 1. The number of carbonyl (C=O) groups is 2. The molecule has 6 heteroatoms. The summed E-state index contributed by atoms with van der Waals surface area (Å²) in [6, 6.07) is -0.204. The van der Waals surface area contributed by atoms with E-state index in [1.54, 1.807) is 20.8 Å². The Morgan fingerprint density at radius 2 is 2.11 bits per heavy atom. The summed E-state index contributed by atoms with van der Waals surface area (Å²) < 4.78 is 10.4. The molecule has 104 valence electrons. The van der Waals surface area contributed by atoms with Crippen LogP contribution in [0.25, 0.3) is 0 Å². The fraction of sp³-hybridized carbons (Fsp3) is 0.833. The predicted molar refractivity (Wildman–Crippen MR) is 64.3 cm³/mol. The molecular weight excluding hydrogens is 238 g/mol. The monoisotopic (exact) mass is 259 g/mol. The maximum Gasteiger partial charge on any atom is 0.407 e. The quantitative estimate of drug-likeness (QED) is 0.800.